The minimum Gasteiger partial charge on any atom is -0.494 e. The zero-order chi connectivity index (χ0) is 22.4. The van der Waals surface area contributed by atoms with Crippen LogP contribution in [-0.4, -0.2) is 75.6 Å². The predicted octanol–water partition coefficient (Wildman–Crippen LogP) is 3.30. The maximum absolute atomic E-state index is 13.3. The molecule has 0 N–H and O–H groups in total. The van der Waals surface area contributed by atoms with Gasteiger partial charge in [0.15, 0.2) is 11.5 Å². The molecule has 0 spiro atoms. The lowest BCUT2D eigenvalue weighted by molar-refractivity contribution is 0.0664. The van der Waals surface area contributed by atoms with Crippen molar-refractivity contribution in [2.75, 3.05) is 40.3 Å². The van der Waals surface area contributed by atoms with Gasteiger partial charge in [0.05, 0.1) is 23.3 Å². The van der Waals surface area contributed by atoms with Crippen molar-refractivity contribution in [1.29, 1.82) is 0 Å². The molecule has 5 rings (SSSR count). The molecule has 0 unspecified atom stereocenters. The number of piperazine rings is 1. The van der Waals surface area contributed by atoms with E-state index in [0.29, 0.717) is 57.6 Å². The molecule has 9 heteroatoms. The maximum atomic E-state index is 13.3. The summed E-state index contributed by atoms with van der Waals surface area (Å²) in [5.74, 6) is 1.09. The first-order valence-electron chi connectivity index (χ1n) is 10.4. The number of nitrogens with zero attached hydrogens (tertiary/aromatic N) is 6. The maximum Gasteiger partial charge on any atom is 0.254 e. The number of halogens is 1. The highest BCUT2D eigenvalue weighted by molar-refractivity contribution is 6.33. The van der Waals surface area contributed by atoms with E-state index < -0.39 is 0 Å². The number of benzene rings is 2. The molecular weight excluding hydrogens is 428 g/mol. The van der Waals surface area contributed by atoms with Crippen molar-refractivity contribution in [2.24, 2.45) is 0 Å². The fourth-order valence-corrected chi connectivity index (χ4v) is 4.35. The summed E-state index contributed by atoms with van der Waals surface area (Å²) in [5.41, 5.74) is 3.95. The van der Waals surface area contributed by atoms with Crippen molar-refractivity contribution in [3.63, 3.8) is 0 Å². The number of methoxy groups -OCH3 is 1. The summed E-state index contributed by atoms with van der Waals surface area (Å²) >= 11 is 6.47. The van der Waals surface area contributed by atoms with E-state index in [9.17, 15) is 4.79 Å². The Labute approximate surface area is 190 Å². The van der Waals surface area contributed by atoms with E-state index >= 15 is 0 Å². The van der Waals surface area contributed by atoms with E-state index in [1.807, 2.05) is 46.6 Å². The van der Waals surface area contributed by atoms with Gasteiger partial charge in [-0.3, -0.25) is 9.20 Å². The third-order valence-corrected chi connectivity index (χ3v) is 6.26. The van der Waals surface area contributed by atoms with E-state index in [1.54, 1.807) is 13.2 Å². The molecule has 2 aromatic carbocycles. The van der Waals surface area contributed by atoms with Gasteiger partial charge in [-0.1, -0.05) is 23.7 Å². The Morgan fingerprint density at radius 2 is 1.84 bits per heavy atom. The highest BCUT2D eigenvalue weighted by atomic mass is 35.5. The van der Waals surface area contributed by atoms with Gasteiger partial charge in [0.25, 0.3) is 5.91 Å². The lowest BCUT2D eigenvalue weighted by atomic mass is 10.1. The second-order valence-electron chi connectivity index (χ2n) is 8.00. The fraction of sp³-hybridized carbons (Fsp3) is 0.304. The van der Waals surface area contributed by atoms with Crippen molar-refractivity contribution in [3.8, 4) is 17.1 Å². The van der Waals surface area contributed by atoms with Gasteiger partial charge in [-0.05, 0) is 38.2 Å². The van der Waals surface area contributed by atoms with Crippen LogP contribution in [0.5, 0.6) is 5.75 Å². The molecule has 4 aromatic rings. The Bertz CT molecular complexity index is 1340. The molecule has 3 heterocycles. The van der Waals surface area contributed by atoms with E-state index in [0.717, 1.165) is 18.7 Å². The molecule has 1 saturated heterocycles. The number of hydrogen-bond donors (Lipinski definition) is 0. The normalized spacial score (nSPS) is 14.9. The Hall–Kier alpha value is -3.23. The van der Waals surface area contributed by atoms with Gasteiger partial charge < -0.3 is 14.5 Å². The van der Waals surface area contributed by atoms with Crippen LogP contribution in [0.2, 0.25) is 5.02 Å². The first-order chi connectivity index (χ1) is 15.5. The molecule has 1 aliphatic heterocycles. The van der Waals surface area contributed by atoms with Gasteiger partial charge in [-0.15, -0.1) is 10.2 Å². The summed E-state index contributed by atoms with van der Waals surface area (Å²) in [5, 5.41) is 9.35. The molecule has 1 amide bonds. The van der Waals surface area contributed by atoms with Crippen LogP contribution in [0, 0.1) is 6.92 Å². The first-order valence-corrected chi connectivity index (χ1v) is 10.8. The minimum absolute atomic E-state index is 0.0283. The average Bonchev–Trinajstić information content (AvgIpc) is 3.25. The fourth-order valence-electron chi connectivity index (χ4n) is 4.13. The zero-order valence-corrected chi connectivity index (χ0v) is 18.9. The van der Waals surface area contributed by atoms with E-state index in [1.165, 1.54) is 0 Å². The number of carbonyl (C=O) groups excluding carboxylic acids is 1. The highest BCUT2D eigenvalue weighted by Gasteiger charge is 2.24. The smallest absolute Gasteiger partial charge is 0.254 e. The molecule has 8 nitrogen and oxygen atoms in total. The van der Waals surface area contributed by atoms with Gasteiger partial charge >= 0.3 is 0 Å². The lowest BCUT2D eigenvalue weighted by Gasteiger charge is -2.32. The van der Waals surface area contributed by atoms with Crippen molar-refractivity contribution < 1.29 is 9.53 Å². The Morgan fingerprint density at radius 1 is 1.09 bits per heavy atom. The second kappa shape index (κ2) is 8.03. The second-order valence-corrected chi connectivity index (χ2v) is 8.41. The van der Waals surface area contributed by atoms with Gasteiger partial charge in [0.2, 0.25) is 0 Å². The quantitative estimate of drug-likeness (QED) is 0.476. The zero-order valence-electron chi connectivity index (χ0n) is 18.2. The summed E-state index contributed by atoms with van der Waals surface area (Å²) < 4.78 is 7.56. The molecule has 164 valence electrons. The SMILES string of the molecule is COc1cc(C(=O)N2CCN(C)CC2)cc2c1nc(C)c1nnc(-c3ccccc3Cl)n12. The molecule has 1 fully saturated rings. The standard InChI is InChI=1S/C23H23ClN6O2/c1-14-21-26-27-22(16-6-4-5-7-17(16)24)30(21)18-12-15(13-19(32-3)20(18)25-14)23(31)29-10-8-28(2)9-11-29/h4-7,12-13H,8-11H2,1-3H3. The summed E-state index contributed by atoms with van der Waals surface area (Å²) in [6.45, 7) is 4.96. The molecule has 2 aromatic heterocycles. The number of amides is 1. The predicted molar refractivity (Wildman–Crippen MR) is 123 cm³/mol. The number of likely N-dealkylation sites (N-methyl/N-ethyl adjacent to an activating group) is 1. The lowest BCUT2D eigenvalue weighted by Crippen LogP contribution is -2.47. The Morgan fingerprint density at radius 3 is 2.56 bits per heavy atom. The van der Waals surface area contributed by atoms with Gasteiger partial charge in [0.1, 0.15) is 11.3 Å². The van der Waals surface area contributed by atoms with E-state index in [2.05, 4.69) is 22.1 Å². The topological polar surface area (TPSA) is 75.9 Å². The Balaban J connectivity index is 1.75. The van der Waals surface area contributed by atoms with Gasteiger partial charge in [0, 0.05) is 37.3 Å². The van der Waals surface area contributed by atoms with Crippen molar-refractivity contribution in [1.82, 2.24) is 29.4 Å². The van der Waals surface area contributed by atoms with Crippen LogP contribution in [-0.2, 0) is 0 Å². The first kappa shape index (κ1) is 20.7. The summed E-state index contributed by atoms with van der Waals surface area (Å²) in [6, 6.07) is 11.1. The molecule has 0 saturated carbocycles. The molecule has 0 atom stereocenters. The number of hydrogen-bond acceptors (Lipinski definition) is 6. The number of carbonyl (C=O) groups is 1. The Kier molecular flexibility index (Phi) is 5.19. The van der Waals surface area contributed by atoms with Gasteiger partial charge in [-0.25, -0.2) is 4.98 Å². The van der Waals surface area contributed by atoms with E-state index in [-0.39, 0.29) is 5.91 Å². The number of aromatic nitrogens is 4. The van der Waals surface area contributed by atoms with Gasteiger partial charge in [-0.2, -0.15) is 0 Å². The summed E-state index contributed by atoms with van der Waals surface area (Å²) in [4.78, 5) is 22.1. The van der Waals surface area contributed by atoms with Crippen LogP contribution in [0.15, 0.2) is 36.4 Å². The van der Waals surface area contributed by atoms with Crippen LogP contribution in [0.4, 0.5) is 0 Å². The number of fused-ring (bicyclic) bond motifs is 3. The highest BCUT2D eigenvalue weighted by Crippen LogP contribution is 2.33. The van der Waals surface area contributed by atoms with Crippen LogP contribution in [0.3, 0.4) is 0 Å². The van der Waals surface area contributed by atoms with Crippen molar-refractivity contribution in [2.45, 2.75) is 6.92 Å². The largest absolute Gasteiger partial charge is 0.494 e. The summed E-state index contributed by atoms with van der Waals surface area (Å²) in [7, 11) is 3.65. The van der Waals surface area contributed by atoms with Crippen LogP contribution >= 0.6 is 11.6 Å². The van der Waals surface area contributed by atoms with Crippen LogP contribution < -0.4 is 4.74 Å². The van der Waals surface area contributed by atoms with Crippen LogP contribution in [0.1, 0.15) is 16.1 Å². The molecule has 0 aliphatic carbocycles. The van der Waals surface area contributed by atoms with E-state index in [4.69, 9.17) is 21.3 Å². The molecular formula is C23H23ClN6O2. The van der Waals surface area contributed by atoms with Crippen molar-refractivity contribution >= 4 is 34.2 Å². The molecule has 0 bridgehead atoms. The molecule has 1 aliphatic rings. The monoisotopic (exact) mass is 450 g/mol. The van der Waals surface area contributed by atoms with Crippen molar-refractivity contribution in [3.05, 3.63) is 52.7 Å². The third kappa shape index (κ3) is 3.36. The molecule has 0 radical (unpaired) electrons. The number of ether oxygens (including phenoxy) is 1. The third-order valence-electron chi connectivity index (χ3n) is 5.93. The van der Waals surface area contributed by atoms with Crippen LogP contribution in [0.25, 0.3) is 28.1 Å². The summed E-state index contributed by atoms with van der Waals surface area (Å²) in [6.07, 6.45) is 0. The average molecular weight is 451 g/mol. The number of aryl methyl sites for hydroxylation is 1. The molecule has 32 heavy (non-hydrogen) atoms. The number of rotatable bonds is 3. The minimum atomic E-state index is -0.0283.